The molecule has 128 valence electrons. The van der Waals surface area contributed by atoms with Gasteiger partial charge in [-0.05, 0) is 40.8 Å². The third-order valence-corrected chi connectivity index (χ3v) is 4.06. The molecule has 0 bridgehead atoms. The normalized spacial score (nSPS) is 11.3. The van der Waals surface area contributed by atoms with E-state index in [2.05, 4.69) is 43.5 Å². The number of nitrogens with one attached hydrogen (secondary N) is 2. The summed E-state index contributed by atoms with van der Waals surface area (Å²) in [4.78, 5) is 12.0. The third-order valence-electron chi connectivity index (χ3n) is 3.81. The van der Waals surface area contributed by atoms with Gasteiger partial charge in [-0.15, -0.1) is 0 Å². The van der Waals surface area contributed by atoms with Crippen LogP contribution in [0.1, 0.15) is 38.3 Å². The minimum atomic E-state index is 0.0158. The molecule has 0 aromatic heterocycles. The summed E-state index contributed by atoms with van der Waals surface area (Å²) in [6.07, 6.45) is 0.439. The lowest BCUT2D eigenvalue weighted by atomic mass is 9.87. The number of anilines is 1. The van der Waals surface area contributed by atoms with Gasteiger partial charge in [0.1, 0.15) is 0 Å². The fraction of sp³-hybridized carbons (Fsp3) is 0.350. The highest BCUT2D eigenvalue weighted by atomic mass is 35.5. The molecule has 0 unspecified atom stereocenters. The minimum absolute atomic E-state index is 0.0158. The van der Waals surface area contributed by atoms with Gasteiger partial charge in [-0.3, -0.25) is 4.79 Å². The van der Waals surface area contributed by atoms with Crippen molar-refractivity contribution >= 4 is 23.2 Å². The Balaban J connectivity index is 1.72. The van der Waals surface area contributed by atoms with Gasteiger partial charge in [-0.25, -0.2) is 0 Å². The number of benzene rings is 2. The Kier molecular flexibility index (Phi) is 6.41. The van der Waals surface area contributed by atoms with Crippen LogP contribution < -0.4 is 10.6 Å². The maximum Gasteiger partial charge on any atom is 0.225 e. The molecule has 0 fully saturated rings. The number of hydrogen-bond acceptors (Lipinski definition) is 2. The average Bonchev–Trinajstić information content (AvgIpc) is 2.53. The smallest absolute Gasteiger partial charge is 0.225 e. The first-order chi connectivity index (χ1) is 11.3. The van der Waals surface area contributed by atoms with Gasteiger partial charge in [0.05, 0.1) is 0 Å². The molecule has 0 radical (unpaired) electrons. The van der Waals surface area contributed by atoms with Gasteiger partial charge in [0.25, 0.3) is 0 Å². The van der Waals surface area contributed by atoms with E-state index in [-0.39, 0.29) is 11.3 Å². The monoisotopic (exact) mass is 344 g/mol. The van der Waals surface area contributed by atoms with Gasteiger partial charge < -0.3 is 10.6 Å². The van der Waals surface area contributed by atoms with Crippen LogP contribution in [-0.2, 0) is 16.8 Å². The highest BCUT2D eigenvalue weighted by Crippen LogP contribution is 2.23. The molecule has 0 spiro atoms. The van der Waals surface area contributed by atoms with Crippen LogP contribution in [-0.4, -0.2) is 12.5 Å². The first-order valence-electron chi connectivity index (χ1n) is 8.20. The summed E-state index contributed by atoms with van der Waals surface area (Å²) in [6, 6.07) is 15.7. The Morgan fingerprint density at radius 2 is 1.62 bits per heavy atom. The molecule has 2 rings (SSSR count). The molecule has 0 aliphatic rings. The Labute approximate surface area is 149 Å². The zero-order valence-corrected chi connectivity index (χ0v) is 15.3. The van der Waals surface area contributed by atoms with Crippen molar-refractivity contribution in [2.75, 3.05) is 11.9 Å². The summed E-state index contributed by atoms with van der Waals surface area (Å²) in [6.45, 7) is 7.88. The zero-order valence-electron chi connectivity index (χ0n) is 14.5. The topological polar surface area (TPSA) is 41.1 Å². The molecule has 0 aliphatic heterocycles. The number of carbonyl (C=O) groups excluding carboxylic acids is 1. The van der Waals surface area contributed by atoms with Crippen LogP contribution in [0, 0.1) is 0 Å². The van der Waals surface area contributed by atoms with E-state index in [9.17, 15) is 4.79 Å². The van der Waals surface area contributed by atoms with Crippen LogP contribution >= 0.6 is 11.6 Å². The lowest BCUT2D eigenvalue weighted by Crippen LogP contribution is -2.21. The van der Waals surface area contributed by atoms with Gasteiger partial charge >= 0.3 is 0 Å². The SMILES string of the molecule is CC(C)(C)c1ccc(NC(=O)CCNCc2ccc(Cl)cc2)cc1. The predicted octanol–water partition coefficient (Wildman–Crippen LogP) is 4.76. The largest absolute Gasteiger partial charge is 0.326 e. The summed E-state index contributed by atoms with van der Waals surface area (Å²) < 4.78 is 0. The molecule has 0 saturated heterocycles. The van der Waals surface area contributed by atoms with E-state index in [1.54, 1.807) is 0 Å². The molecule has 2 aromatic carbocycles. The van der Waals surface area contributed by atoms with Gasteiger partial charge in [0, 0.05) is 30.2 Å². The van der Waals surface area contributed by atoms with E-state index in [0.29, 0.717) is 13.0 Å². The van der Waals surface area contributed by atoms with Crippen molar-refractivity contribution < 1.29 is 4.79 Å². The van der Waals surface area contributed by atoms with Crippen LogP contribution in [0.3, 0.4) is 0 Å². The molecule has 24 heavy (non-hydrogen) atoms. The van der Waals surface area contributed by atoms with E-state index < -0.39 is 0 Å². The Morgan fingerprint density at radius 1 is 1.00 bits per heavy atom. The predicted molar refractivity (Wildman–Crippen MR) is 102 cm³/mol. The summed E-state index contributed by atoms with van der Waals surface area (Å²) in [5.74, 6) is 0.0158. The molecular formula is C20H25ClN2O. The number of amides is 1. The van der Waals surface area contributed by atoms with Crippen molar-refractivity contribution in [2.45, 2.75) is 39.2 Å². The minimum Gasteiger partial charge on any atom is -0.326 e. The molecule has 0 atom stereocenters. The van der Waals surface area contributed by atoms with Crippen molar-refractivity contribution in [1.82, 2.24) is 5.32 Å². The zero-order chi connectivity index (χ0) is 17.6. The highest BCUT2D eigenvalue weighted by molar-refractivity contribution is 6.30. The van der Waals surface area contributed by atoms with Gasteiger partial charge in [0.2, 0.25) is 5.91 Å². The molecule has 2 N–H and O–H groups in total. The van der Waals surface area contributed by atoms with Crippen LogP contribution in [0.4, 0.5) is 5.69 Å². The van der Waals surface area contributed by atoms with Crippen molar-refractivity contribution in [1.29, 1.82) is 0 Å². The molecule has 4 heteroatoms. The van der Waals surface area contributed by atoms with Crippen molar-refractivity contribution in [3.8, 4) is 0 Å². The second-order valence-corrected chi connectivity index (χ2v) is 7.37. The summed E-state index contributed by atoms with van der Waals surface area (Å²) in [5, 5.41) is 6.93. The molecule has 2 aromatic rings. The summed E-state index contributed by atoms with van der Waals surface area (Å²) in [5.41, 5.74) is 3.36. The molecule has 0 heterocycles. The number of carbonyl (C=O) groups is 1. The number of hydrogen-bond donors (Lipinski definition) is 2. The average molecular weight is 345 g/mol. The van der Waals surface area contributed by atoms with Gasteiger partial charge in [0.15, 0.2) is 0 Å². The lowest BCUT2D eigenvalue weighted by Gasteiger charge is -2.19. The first-order valence-corrected chi connectivity index (χ1v) is 8.58. The maximum atomic E-state index is 12.0. The van der Waals surface area contributed by atoms with E-state index >= 15 is 0 Å². The Bertz CT molecular complexity index is 658. The summed E-state index contributed by atoms with van der Waals surface area (Å²) >= 11 is 5.85. The van der Waals surface area contributed by atoms with Crippen LogP contribution in [0.5, 0.6) is 0 Å². The third kappa shape index (κ3) is 5.99. The molecule has 1 amide bonds. The maximum absolute atomic E-state index is 12.0. The van der Waals surface area contributed by atoms with Crippen molar-refractivity contribution in [3.05, 3.63) is 64.7 Å². The van der Waals surface area contributed by atoms with Crippen LogP contribution in [0.25, 0.3) is 0 Å². The van der Waals surface area contributed by atoms with E-state index in [1.807, 2.05) is 36.4 Å². The Morgan fingerprint density at radius 3 is 2.21 bits per heavy atom. The number of rotatable bonds is 6. The lowest BCUT2D eigenvalue weighted by molar-refractivity contribution is -0.116. The van der Waals surface area contributed by atoms with Gasteiger partial charge in [-0.2, -0.15) is 0 Å². The second-order valence-electron chi connectivity index (χ2n) is 6.93. The standard InChI is InChI=1S/C20H25ClN2O/c1-20(2,3)16-6-10-18(11-7-16)23-19(24)12-13-22-14-15-4-8-17(21)9-5-15/h4-11,22H,12-14H2,1-3H3,(H,23,24). The molecule has 0 saturated carbocycles. The molecule has 0 aliphatic carbocycles. The van der Waals surface area contributed by atoms with Crippen LogP contribution in [0.15, 0.2) is 48.5 Å². The second kappa shape index (κ2) is 8.32. The highest BCUT2D eigenvalue weighted by Gasteiger charge is 2.13. The Hall–Kier alpha value is -1.84. The van der Waals surface area contributed by atoms with Crippen molar-refractivity contribution in [2.24, 2.45) is 0 Å². The fourth-order valence-corrected chi connectivity index (χ4v) is 2.44. The van der Waals surface area contributed by atoms with E-state index in [0.717, 1.165) is 22.8 Å². The van der Waals surface area contributed by atoms with Crippen LogP contribution in [0.2, 0.25) is 5.02 Å². The quantitative estimate of drug-likeness (QED) is 0.742. The summed E-state index contributed by atoms with van der Waals surface area (Å²) in [7, 11) is 0. The fourth-order valence-electron chi connectivity index (χ4n) is 2.31. The first kappa shape index (κ1) is 18.5. The van der Waals surface area contributed by atoms with Gasteiger partial charge in [-0.1, -0.05) is 56.6 Å². The molecule has 3 nitrogen and oxygen atoms in total. The molecular weight excluding hydrogens is 320 g/mol. The van der Waals surface area contributed by atoms with E-state index in [1.165, 1.54) is 5.56 Å². The van der Waals surface area contributed by atoms with E-state index in [4.69, 9.17) is 11.6 Å². The number of halogens is 1. The van der Waals surface area contributed by atoms with Crippen molar-refractivity contribution in [3.63, 3.8) is 0 Å².